The molecule has 0 unspecified atom stereocenters. The quantitative estimate of drug-likeness (QED) is 0.498. The van der Waals surface area contributed by atoms with Gasteiger partial charge < -0.3 is 14.3 Å². The Morgan fingerprint density at radius 2 is 2.19 bits per heavy atom. The number of benzene rings is 1. The van der Waals surface area contributed by atoms with Gasteiger partial charge in [-0.15, -0.1) is 10.2 Å². The number of aliphatic carboxylic acids is 1. The third-order valence-corrected chi connectivity index (χ3v) is 4.28. The first-order valence-corrected chi connectivity index (χ1v) is 8.46. The third-order valence-electron chi connectivity index (χ3n) is 3.19. The topological polar surface area (TPSA) is 98.3 Å². The number of carboxylic acid groups (broad SMARTS) is 1. The molecule has 0 atom stereocenters. The van der Waals surface area contributed by atoms with Crippen molar-refractivity contribution in [3.63, 3.8) is 0 Å². The molecule has 0 aliphatic heterocycles. The minimum absolute atomic E-state index is 0.0197. The van der Waals surface area contributed by atoms with Gasteiger partial charge in [-0.05, 0) is 47.7 Å². The monoisotopic (exact) mass is 389 g/mol. The van der Waals surface area contributed by atoms with Crippen LogP contribution in [0.1, 0.15) is 5.56 Å². The van der Waals surface area contributed by atoms with E-state index >= 15 is 0 Å². The van der Waals surface area contributed by atoms with Gasteiger partial charge in [0.1, 0.15) is 10.7 Å². The number of hydrogen-bond acceptors (Lipinski definition) is 7. The molecule has 0 amide bonds. The van der Waals surface area contributed by atoms with E-state index < -0.39 is 5.97 Å². The van der Waals surface area contributed by atoms with Crippen LogP contribution in [0.25, 0.3) is 17.5 Å². The Morgan fingerprint density at radius 3 is 2.88 bits per heavy atom. The van der Waals surface area contributed by atoms with Crippen LogP contribution in [0.2, 0.25) is 5.02 Å². The largest absolute Gasteiger partial charge is 0.496 e. The number of rotatable bonds is 6. The van der Waals surface area contributed by atoms with Crippen LogP contribution in [0, 0.1) is 0 Å². The molecular formula is C17H12ClN3O4S. The van der Waals surface area contributed by atoms with E-state index in [1.54, 1.807) is 42.7 Å². The van der Waals surface area contributed by atoms with Crippen molar-refractivity contribution in [3.05, 3.63) is 58.2 Å². The van der Waals surface area contributed by atoms with Gasteiger partial charge in [0.2, 0.25) is 0 Å². The number of halogens is 1. The van der Waals surface area contributed by atoms with Crippen LogP contribution in [0.15, 0.2) is 57.3 Å². The van der Waals surface area contributed by atoms with Crippen LogP contribution in [-0.4, -0.2) is 33.4 Å². The van der Waals surface area contributed by atoms with Gasteiger partial charge in [-0.2, -0.15) is 0 Å². The van der Waals surface area contributed by atoms with E-state index in [9.17, 15) is 9.90 Å². The van der Waals surface area contributed by atoms with Crippen LogP contribution in [0.4, 0.5) is 0 Å². The number of methoxy groups -OCH3 is 1. The number of nitrogens with zero attached hydrogens (tertiary/aromatic N) is 3. The number of carboxylic acids is 1. The number of ether oxygens (including phenoxy) is 1. The Morgan fingerprint density at radius 1 is 1.35 bits per heavy atom. The van der Waals surface area contributed by atoms with Gasteiger partial charge in [0, 0.05) is 17.4 Å². The highest BCUT2D eigenvalue weighted by atomic mass is 35.5. The zero-order chi connectivity index (χ0) is 18.5. The fraction of sp³-hybridized carbons (Fsp3) is 0.0588. The first kappa shape index (κ1) is 18.0. The highest BCUT2D eigenvalue weighted by molar-refractivity contribution is 8.03. The van der Waals surface area contributed by atoms with Crippen molar-refractivity contribution in [2.24, 2.45) is 0 Å². The van der Waals surface area contributed by atoms with Crippen molar-refractivity contribution in [1.82, 2.24) is 15.2 Å². The maximum absolute atomic E-state index is 11.5. The summed E-state index contributed by atoms with van der Waals surface area (Å²) < 4.78 is 10.8. The van der Waals surface area contributed by atoms with Crippen molar-refractivity contribution in [2.75, 3.05) is 7.11 Å². The predicted molar refractivity (Wildman–Crippen MR) is 97.0 cm³/mol. The number of aromatic nitrogens is 3. The standard InChI is InChI=1S/C17H12ClN3O4S/c1-24-13-5-4-11(18)8-12(13)15-20-21-17(25-15)26-14(16(22)23)7-10-3-2-6-19-9-10/h2-9H,1H3,(H,22,23)/b14-7+. The van der Waals surface area contributed by atoms with Gasteiger partial charge >= 0.3 is 5.97 Å². The summed E-state index contributed by atoms with van der Waals surface area (Å²) >= 11 is 6.85. The van der Waals surface area contributed by atoms with Crippen molar-refractivity contribution >= 4 is 35.4 Å². The Hall–Kier alpha value is -2.84. The molecule has 0 bridgehead atoms. The number of carbonyl (C=O) groups is 1. The molecule has 1 N–H and O–H groups in total. The zero-order valence-electron chi connectivity index (χ0n) is 13.4. The van der Waals surface area contributed by atoms with Crippen LogP contribution >= 0.6 is 23.4 Å². The molecule has 0 fully saturated rings. The van der Waals surface area contributed by atoms with E-state index in [1.165, 1.54) is 13.2 Å². The minimum Gasteiger partial charge on any atom is -0.496 e. The molecule has 3 aromatic rings. The summed E-state index contributed by atoms with van der Waals surface area (Å²) in [7, 11) is 1.51. The van der Waals surface area contributed by atoms with Crippen LogP contribution in [-0.2, 0) is 4.79 Å². The van der Waals surface area contributed by atoms with Crippen LogP contribution in [0.3, 0.4) is 0 Å². The second kappa shape index (κ2) is 8.03. The van der Waals surface area contributed by atoms with Gasteiger partial charge in [0.15, 0.2) is 0 Å². The smallest absolute Gasteiger partial charge is 0.342 e. The molecule has 2 aromatic heterocycles. The van der Waals surface area contributed by atoms with Crippen molar-refractivity contribution in [3.8, 4) is 17.2 Å². The molecule has 0 aliphatic rings. The molecular weight excluding hydrogens is 378 g/mol. The van der Waals surface area contributed by atoms with E-state index in [1.807, 2.05) is 0 Å². The maximum Gasteiger partial charge on any atom is 0.342 e. The Kier molecular flexibility index (Phi) is 5.55. The molecule has 3 rings (SSSR count). The SMILES string of the molecule is COc1ccc(Cl)cc1-c1nnc(S/C(=C/c2cccnc2)C(=O)O)o1. The minimum atomic E-state index is -1.11. The van der Waals surface area contributed by atoms with Gasteiger partial charge in [-0.25, -0.2) is 4.79 Å². The number of hydrogen-bond donors (Lipinski definition) is 1. The molecule has 0 radical (unpaired) electrons. The fourth-order valence-electron chi connectivity index (χ4n) is 2.05. The van der Waals surface area contributed by atoms with Gasteiger partial charge in [-0.1, -0.05) is 17.7 Å². The van der Waals surface area contributed by atoms with Crippen molar-refractivity contribution in [2.45, 2.75) is 5.22 Å². The Labute approximate surface area is 157 Å². The number of thioether (sulfide) groups is 1. The fourth-order valence-corrected chi connectivity index (χ4v) is 2.89. The summed E-state index contributed by atoms with van der Waals surface area (Å²) in [5.74, 6) is -0.420. The lowest BCUT2D eigenvalue weighted by Crippen LogP contribution is -1.96. The second-order valence-corrected chi connectivity index (χ2v) is 6.35. The molecule has 26 heavy (non-hydrogen) atoms. The van der Waals surface area contributed by atoms with Gasteiger partial charge in [0.05, 0.1) is 12.7 Å². The summed E-state index contributed by atoms with van der Waals surface area (Å²) in [4.78, 5) is 15.5. The summed E-state index contributed by atoms with van der Waals surface area (Å²) in [5, 5.41) is 17.8. The lowest BCUT2D eigenvalue weighted by Gasteiger charge is -2.04. The van der Waals surface area contributed by atoms with Crippen LogP contribution < -0.4 is 4.74 Å². The highest BCUT2D eigenvalue weighted by Crippen LogP contribution is 2.34. The first-order chi connectivity index (χ1) is 12.6. The number of pyridine rings is 1. The summed E-state index contributed by atoms with van der Waals surface area (Å²) in [6.45, 7) is 0. The maximum atomic E-state index is 11.5. The second-order valence-electron chi connectivity index (χ2n) is 4.92. The van der Waals surface area contributed by atoms with E-state index in [2.05, 4.69) is 15.2 Å². The van der Waals surface area contributed by atoms with E-state index in [4.69, 9.17) is 20.8 Å². The molecule has 0 aliphatic carbocycles. The summed E-state index contributed by atoms with van der Waals surface area (Å²) in [6.07, 6.45) is 4.64. The summed E-state index contributed by atoms with van der Waals surface area (Å²) in [5.41, 5.74) is 1.17. The molecule has 0 saturated carbocycles. The molecule has 9 heteroatoms. The molecule has 0 spiro atoms. The van der Waals surface area contributed by atoms with E-state index in [0.717, 1.165) is 11.8 Å². The average molecular weight is 390 g/mol. The van der Waals surface area contributed by atoms with E-state index in [-0.39, 0.29) is 16.0 Å². The molecule has 2 heterocycles. The lowest BCUT2D eigenvalue weighted by atomic mass is 10.2. The Bertz CT molecular complexity index is 960. The van der Waals surface area contributed by atoms with E-state index in [0.29, 0.717) is 21.9 Å². The van der Waals surface area contributed by atoms with Crippen molar-refractivity contribution in [1.29, 1.82) is 0 Å². The third kappa shape index (κ3) is 4.22. The molecule has 1 aromatic carbocycles. The van der Waals surface area contributed by atoms with Crippen molar-refractivity contribution < 1.29 is 19.1 Å². The first-order valence-electron chi connectivity index (χ1n) is 7.27. The average Bonchev–Trinajstić information content (AvgIpc) is 3.10. The molecule has 132 valence electrons. The zero-order valence-corrected chi connectivity index (χ0v) is 15.0. The predicted octanol–water partition coefficient (Wildman–Crippen LogP) is 4.01. The lowest BCUT2D eigenvalue weighted by molar-refractivity contribution is -0.131. The normalized spacial score (nSPS) is 11.4. The van der Waals surface area contributed by atoms with Gasteiger partial charge in [0.25, 0.3) is 11.1 Å². The summed E-state index contributed by atoms with van der Waals surface area (Å²) in [6, 6.07) is 8.44. The highest BCUT2D eigenvalue weighted by Gasteiger charge is 2.18. The van der Waals surface area contributed by atoms with Crippen LogP contribution in [0.5, 0.6) is 5.75 Å². The van der Waals surface area contributed by atoms with Gasteiger partial charge in [-0.3, -0.25) is 4.98 Å². The Balaban J connectivity index is 1.89. The molecule has 7 nitrogen and oxygen atoms in total. The molecule has 0 saturated heterocycles.